The second kappa shape index (κ2) is 5.27. The lowest BCUT2D eigenvalue weighted by atomic mass is 9.79. The van der Waals surface area contributed by atoms with Crippen LogP contribution in [0.4, 0.5) is 10.1 Å². The van der Waals surface area contributed by atoms with Gasteiger partial charge in [-0.25, -0.2) is 4.39 Å². The summed E-state index contributed by atoms with van der Waals surface area (Å²) in [5.41, 5.74) is 4.71. The average Bonchev–Trinajstić information content (AvgIpc) is 2.42. The van der Waals surface area contributed by atoms with Crippen molar-refractivity contribution in [2.24, 2.45) is 0 Å². The van der Waals surface area contributed by atoms with Crippen LogP contribution in [0.15, 0.2) is 30.3 Å². The van der Waals surface area contributed by atoms with Gasteiger partial charge in [-0.2, -0.15) is 0 Å². The molecule has 1 unspecified atom stereocenters. The highest BCUT2D eigenvalue weighted by Crippen LogP contribution is 2.47. The van der Waals surface area contributed by atoms with Crippen molar-refractivity contribution in [3.63, 3.8) is 0 Å². The molecule has 22 heavy (non-hydrogen) atoms. The van der Waals surface area contributed by atoms with E-state index in [9.17, 15) is 4.39 Å². The van der Waals surface area contributed by atoms with Crippen LogP contribution < -0.4 is 5.32 Å². The quantitative estimate of drug-likeness (QED) is 0.665. The van der Waals surface area contributed by atoms with Crippen LogP contribution in [-0.2, 0) is 0 Å². The molecule has 1 aliphatic heterocycles. The van der Waals surface area contributed by atoms with Crippen LogP contribution in [0.2, 0.25) is 5.02 Å². The molecule has 1 atom stereocenters. The summed E-state index contributed by atoms with van der Waals surface area (Å²) in [4.78, 5) is 0. The Hall–Kier alpha value is -1.54. The molecule has 3 rings (SSSR count). The largest absolute Gasteiger partial charge is 0.380 e. The smallest absolute Gasteiger partial charge is 0.131 e. The first-order valence-corrected chi connectivity index (χ1v) is 8.04. The molecule has 1 aliphatic rings. The third-order valence-electron chi connectivity index (χ3n) is 4.43. The van der Waals surface area contributed by atoms with Gasteiger partial charge in [-0.15, -0.1) is 0 Å². The van der Waals surface area contributed by atoms with Crippen LogP contribution in [-0.4, -0.2) is 5.54 Å². The van der Waals surface area contributed by atoms with Crippen molar-refractivity contribution in [3.05, 3.63) is 52.3 Å². The van der Waals surface area contributed by atoms with E-state index in [0.29, 0.717) is 16.5 Å². The summed E-state index contributed by atoms with van der Waals surface area (Å²) < 4.78 is 14.2. The van der Waals surface area contributed by atoms with Crippen LogP contribution in [0, 0.1) is 12.7 Å². The molecule has 2 aromatic carbocycles. The van der Waals surface area contributed by atoms with Gasteiger partial charge in [0.25, 0.3) is 0 Å². The maximum Gasteiger partial charge on any atom is 0.131 e. The van der Waals surface area contributed by atoms with Gasteiger partial charge in [0.2, 0.25) is 0 Å². The second-order valence-corrected chi connectivity index (χ2v) is 7.32. The zero-order valence-electron chi connectivity index (χ0n) is 13.4. The molecule has 1 nitrogen and oxygen atoms in total. The third-order valence-corrected chi connectivity index (χ3v) is 4.84. The van der Waals surface area contributed by atoms with Crippen molar-refractivity contribution in [3.8, 4) is 11.1 Å². The maximum atomic E-state index is 14.2. The van der Waals surface area contributed by atoms with Crippen LogP contribution >= 0.6 is 11.6 Å². The summed E-state index contributed by atoms with van der Waals surface area (Å²) in [6.45, 7) is 8.65. The van der Waals surface area contributed by atoms with Crippen molar-refractivity contribution >= 4 is 17.3 Å². The highest BCUT2D eigenvalue weighted by Gasteiger charge is 2.33. The van der Waals surface area contributed by atoms with Gasteiger partial charge >= 0.3 is 0 Å². The van der Waals surface area contributed by atoms with Crippen molar-refractivity contribution in [2.45, 2.75) is 45.6 Å². The van der Waals surface area contributed by atoms with Gasteiger partial charge in [-0.3, -0.25) is 0 Å². The van der Waals surface area contributed by atoms with Crippen LogP contribution in [0.1, 0.15) is 44.2 Å². The molecule has 0 fully saturated rings. The standard InChI is InChI=1S/C19H21ClFN/c1-11-9-14(13-7-5-6-8-15(13)21)17(20)16-12(2)10-19(3,4)22-18(11)16/h5-9,12,22H,10H2,1-4H3. The Morgan fingerprint density at radius 3 is 2.59 bits per heavy atom. The Kier molecular flexibility index (Phi) is 3.68. The van der Waals surface area contributed by atoms with E-state index in [4.69, 9.17) is 11.6 Å². The van der Waals surface area contributed by atoms with E-state index in [2.05, 4.69) is 33.0 Å². The normalized spacial score (nSPS) is 19.5. The van der Waals surface area contributed by atoms with Crippen molar-refractivity contribution < 1.29 is 4.39 Å². The highest BCUT2D eigenvalue weighted by molar-refractivity contribution is 6.34. The van der Waals surface area contributed by atoms with Gasteiger partial charge in [-0.05, 0) is 56.4 Å². The highest BCUT2D eigenvalue weighted by atomic mass is 35.5. The van der Waals surface area contributed by atoms with Crippen molar-refractivity contribution in [2.75, 3.05) is 5.32 Å². The topological polar surface area (TPSA) is 12.0 Å². The number of hydrogen-bond acceptors (Lipinski definition) is 1. The Morgan fingerprint density at radius 2 is 1.91 bits per heavy atom. The molecule has 0 aliphatic carbocycles. The number of aryl methyl sites for hydroxylation is 1. The van der Waals surface area contributed by atoms with E-state index in [0.717, 1.165) is 28.8 Å². The molecule has 116 valence electrons. The van der Waals surface area contributed by atoms with Crippen molar-refractivity contribution in [1.82, 2.24) is 0 Å². The van der Waals surface area contributed by atoms with Gasteiger partial charge in [0.15, 0.2) is 0 Å². The van der Waals surface area contributed by atoms with Gasteiger partial charge in [-0.1, -0.05) is 36.7 Å². The second-order valence-electron chi connectivity index (χ2n) is 6.94. The minimum absolute atomic E-state index is 0.0417. The average molecular weight is 318 g/mol. The minimum Gasteiger partial charge on any atom is -0.380 e. The predicted molar refractivity (Wildman–Crippen MR) is 92.3 cm³/mol. The lowest BCUT2D eigenvalue weighted by molar-refractivity contribution is 0.454. The zero-order chi connectivity index (χ0) is 16.1. The molecule has 0 amide bonds. The summed E-state index contributed by atoms with van der Waals surface area (Å²) >= 11 is 6.69. The van der Waals surface area contributed by atoms with Gasteiger partial charge in [0.1, 0.15) is 5.82 Å². The fourth-order valence-corrected chi connectivity index (χ4v) is 4.02. The Labute approximate surface area is 136 Å². The molecule has 2 aromatic rings. The summed E-state index contributed by atoms with van der Waals surface area (Å²) in [7, 11) is 0. The van der Waals surface area contributed by atoms with E-state index in [1.807, 2.05) is 12.1 Å². The first-order chi connectivity index (χ1) is 10.3. The molecule has 0 saturated carbocycles. The lowest BCUT2D eigenvalue weighted by Gasteiger charge is -2.39. The molecule has 0 bridgehead atoms. The fourth-order valence-electron chi connectivity index (χ4n) is 3.58. The SMILES string of the molecule is Cc1cc(-c2ccccc2F)c(Cl)c2c1NC(C)(C)CC2C. The van der Waals surface area contributed by atoms with Crippen LogP contribution in [0.3, 0.4) is 0 Å². The van der Waals surface area contributed by atoms with E-state index in [-0.39, 0.29) is 11.4 Å². The first-order valence-electron chi connectivity index (χ1n) is 7.66. The van der Waals surface area contributed by atoms with E-state index < -0.39 is 0 Å². The number of nitrogens with one attached hydrogen (secondary N) is 1. The molecule has 0 saturated heterocycles. The summed E-state index contributed by atoms with van der Waals surface area (Å²) in [5.74, 6) is 0.102. The molecule has 0 aromatic heterocycles. The van der Waals surface area contributed by atoms with Crippen molar-refractivity contribution in [1.29, 1.82) is 0 Å². The number of halogens is 2. The van der Waals surface area contributed by atoms with E-state index in [1.54, 1.807) is 12.1 Å². The number of hydrogen-bond donors (Lipinski definition) is 1. The Bertz CT molecular complexity index is 736. The first kappa shape index (κ1) is 15.4. The van der Waals surface area contributed by atoms with Gasteiger partial charge < -0.3 is 5.32 Å². The number of anilines is 1. The summed E-state index contributed by atoms with van der Waals surface area (Å²) in [5, 5.41) is 4.26. The molecule has 3 heteroatoms. The molecule has 1 heterocycles. The molecular weight excluding hydrogens is 297 g/mol. The number of fused-ring (bicyclic) bond motifs is 1. The number of rotatable bonds is 1. The van der Waals surface area contributed by atoms with E-state index in [1.165, 1.54) is 6.07 Å². The molecule has 0 radical (unpaired) electrons. The van der Waals surface area contributed by atoms with Gasteiger partial charge in [0.05, 0.1) is 5.02 Å². The van der Waals surface area contributed by atoms with Crippen LogP contribution in [0.5, 0.6) is 0 Å². The fraction of sp³-hybridized carbons (Fsp3) is 0.368. The predicted octanol–water partition coefficient (Wildman–Crippen LogP) is 6.15. The van der Waals surface area contributed by atoms with Gasteiger partial charge in [0, 0.05) is 22.4 Å². The molecule has 1 N–H and O–H groups in total. The molecule has 0 spiro atoms. The lowest BCUT2D eigenvalue weighted by Crippen LogP contribution is -2.37. The van der Waals surface area contributed by atoms with E-state index >= 15 is 0 Å². The maximum absolute atomic E-state index is 14.2. The Morgan fingerprint density at radius 1 is 1.23 bits per heavy atom. The monoisotopic (exact) mass is 317 g/mol. The zero-order valence-corrected chi connectivity index (χ0v) is 14.2. The minimum atomic E-state index is -0.236. The third kappa shape index (κ3) is 2.50. The summed E-state index contributed by atoms with van der Waals surface area (Å²) in [6, 6.07) is 8.79. The number of benzene rings is 2. The molecular formula is C19H21ClFN. The summed E-state index contributed by atoms with van der Waals surface area (Å²) in [6.07, 6.45) is 1.000. The van der Waals surface area contributed by atoms with Crippen LogP contribution in [0.25, 0.3) is 11.1 Å². The Balaban J connectivity index is 2.24.